The van der Waals surface area contributed by atoms with E-state index in [-0.39, 0.29) is 48.4 Å². The van der Waals surface area contributed by atoms with Gasteiger partial charge in [0, 0.05) is 31.1 Å². The molecule has 6 nitrogen and oxygen atoms in total. The molecule has 1 aromatic heterocycles. The van der Waals surface area contributed by atoms with Crippen molar-refractivity contribution in [1.29, 1.82) is 0 Å². The maximum atomic E-state index is 14.3. The molecule has 4 atom stereocenters. The number of aryl methyl sites for hydroxylation is 1. The van der Waals surface area contributed by atoms with Crippen molar-refractivity contribution in [2.75, 3.05) is 26.7 Å². The third-order valence-corrected chi connectivity index (χ3v) is 10.9. The van der Waals surface area contributed by atoms with Crippen LogP contribution in [0.1, 0.15) is 92.6 Å². The second kappa shape index (κ2) is 16.5. The average Bonchev–Trinajstić information content (AvgIpc) is 3.61. The average molecular weight is 675 g/mol. The first-order chi connectivity index (χ1) is 21.4. The smallest absolute Gasteiger partial charge is 0.306 e. The van der Waals surface area contributed by atoms with Gasteiger partial charge in [0.2, 0.25) is 0 Å². The molecule has 0 radical (unpaired) electrons. The zero-order valence-corrected chi connectivity index (χ0v) is 28.8. The summed E-state index contributed by atoms with van der Waals surface area (Å²) in [5, 5.41) is 15.2. The summed E-state index contributed by atoms with van der Waals surface area (Å²) in [5.41, 5.74) is 4.72. The van der Waals surface area contributed by atoms with Crippen molar-refractivity contribution in [2.45, 2.75) is 83.1 Å². The van der Waals surface area contributed by atoms with E-state index in [9.17, 15) is 14.3 Å². The van der Waals surface area contributed by atoms with Crippen LogP contribution in [-0.2, 0) is 17.8 Å². The lowest BCUT2D eigenvalue weighted by molar-refractivity contribution is -0.144. The number of piperidine rings is 1. The summed E-state index contributed by atoms with van der Waals surface area (Å²) in [6, 6.07) is 17.6. The van der Waals surface area contributed by atoms with Crippen molar-refractivity contribution >= 4 is 30.8 Å². The Hall–Kier alpha value is -2.61. The maximum absolute atomic E-state index is 14.3. The van der Waals surface area contributed by atoms with Crippen LogP contribution in [-0.4, -0.2) is 52.5 Å². The van der Waals surface area contributed by atoms with Crippen molar-refractivity contribution in [3.8, 4) is 5.75 Å². The Bertz CT molecular complexity index is 1410. The first kappa shape index (κ1) is 36.2. The highest BCUT2D eigenvalue weighted by molar-refractivity contribution is 5.85. The van der Waals surface area contributed by atoms with Gasteiger partial charge in [-0.2, -0.15) is 5.10 Å². The van der Waals surface area contributed by atoms with Crippen LogP contribution in [0.4, 0.5) is 4.39 Å². The second-order valence-corrected chi connectivity index (χ2v) is 13.6. The third-order valence-electron chi connectivity index (χ3n) is 10.9. The van der Waals surface area contributed by atoms with E-state index in [1.54, 1.807) is 13.2 Å². The number of likely N-dealkylation sites (tertiary alicyclic amines) is 1. The second-order valence-electron chi connectivity index (χ2n) is 13.6. The van der Waals surface area contributed by atoms with Crippen LogP contribution in [0.2, 0.25) is 0 Å². The van der Waals surface area contributed by atoms with Gasteiger partial charge in [0.25, 0.3) is 0 Å². The lowest BCUT2D eigenvalue weighted by Crippen LogP contribution is -2.37. The molecule has 9 heteroatoms. The van der Waals surface area contributed by atoms with E-state index in [1.807, 2.05) is 24.3 Å². The molecule has 1 aliphatic heterocycles. The molecule has 3 fully saturated rings. The Morgan fingerprint density at radius 2 is 1.78 bits per heavy atom. The van der Waals surface area contributed by atoms with Gasteiger partial charge in [-0.1, -0.05) is 43.5 Å². The fourth-order valence-corrected chi connectivity index (χ4v) is 8.28. The Morgan fingerprint density at radius 1 is 1.04 bits per heavy atom. The molecular formula is C37H50Cl2FN3O3. The summed E-state index contributed by atoms with van der Waals surface area (Å²) in [6.07, 6.45) is 9.13. The number of benzene rings is 2. The van der Waals surface area contributed by atoms with Gasteiger partial charge in [0.15, 0.2) is 0 Å². The van der Waals surface area contributed by atoms with E-state index in [0.29, 0.717) is 17.8 Å². The number of methoxy groups -OCH3 is 1. The molecule has 3 aromatic rings. The molecule has 252 valence electrons. The molecule has 2 aromatic carbocycles. The number of hydrogen-bond donors (Lipinski definition) is 1. The topological polar surface area (TPSA) is 67.6 Å². The molecule has 46 heavy (non-hydrogen) atoms. The predicted molar refractivity (Wildman–Crippen MR) is 185 cm³/mol. The van der Waals surface area contributed by atoms with Crippen LogP contribution < -0.4 is 4.74 Å². The number of halogens is 3. The van der Waals surface area contributed by atoms with E-state index in [4.69, 9.17) is 9.84 Å². The summed E-state index contributed by atoms with van der Waals surface area (Å²) >= 11 is 0. The van der Waals surface area contributed by atoms with Crippen LogP contribution in [0.25, 0.3) is 0 Å². The van der Waals surface area contributed by atoms with Crippen LogP contribution in [0.3, 0.4) is 0 Å². The summed E-state index contributed by atoms with van der Waals surface area (Å²) < 4.78 is 21.8. The molecule has 0 bridgehead atoms. The number of aliphatic carboxylic acids is 1. The van der Waals surface area contributed by atoms with Gasteiger partial charge in [-0.05, 0) is 117 Å². The molecule has 3 unspecified atom stereocenters. The molecule has 1 N–H and O–H groups in total. The van der Waals surface area contributed by atoms with Crippen molar-refractivity contribution in [1.82, 2.24) is 14.7 Å². The number of ether oxygens (including phenoxy) is 1. The predicted octanol–water partition coefficient (Wildman–Crippen LogP) is 8.37. The van der Waals surface area contributed by atoms with Gasteiger partial charge in [-0.25, -0.2) is 4.39 Å². The van der Waals surface area contributed by atoms with E-state index in [0.717, 1.165) is 81.7 Å². The molecule has 2 saturated carbocycles. The number of aromatic nitrogens is 2. The number of carbonyl (C=O) groups is 1. The summed E-state index contributed by atoms with van der Waals surface area (Å²) in [4.78, 5) is 15.0. The quantitative estimate of drug-likeness (QED) is 0.209. The number of nitrogens with zero attached hydrogens (tertiary/aromatic N) is 3. The largest absolute Gasteiger partial charge is 0.497 e. The zero-order chi connectivity index (χ0) is 30.6. The van der Waals surface area contributed by atoms with E-state index in [2.05, 4.69) is 34.7 Å². The highest BCUT2D eigenvalue weighted by atomic mass is 35.5. The summed E-state index contributed by atoms with van der Waals surface area (Å²) in [5.74, 6) is 1.51. The van der Waals surface area contributed by atoms with Crippen LogP contribution in [0, 0.1) is 29.5 Å². The van der Waals surface area contributed by atoms with Crippen LogP contribution >= 0.6 is 24.8 Å². The molecular weight excluding hydrogens is 624 g/mol. The summed E-state index contributed by atoms with van der Waals surface area (Å²) in [6.45, 7) is 6.03. The van der Waals surface area contributed by atoms with E-state index in [1.165, 1.54) is 36.6 Å². The van der Waals surface area contributed by atoms with E-state index >= 15 is 0 Å². The maximum Gasteiger partial charge on any atom is 0.306 e. The van der Waals surface area contributed by atoms with Crippen molar-refractivity contribution in [2.24, 2.45) is 23.7 Å². The van der Waals surface area contributed by atoms with Gasteiger partial charge >= 0.3 is 5.97 Å². The molecule has 0 amide bonds. The first-order valence-electron chi connectivity index (χ1n) is 16.8. The highest BCUT2D eigenvalue weighted by Crippen LogP contribution is 2.49. The van der Waals surface area contributed by atoms with Gasteiger partial charge in [0.05, 0.1) is 18.7 Å². The van der Waals surface area contributed by atoms with E-state index < -0.39 is 5.97 Å². The normalized spacial score (nSPS) is 22.8. The fraction of sp³-hybridized carbons (Fsp3) is 0.568. The lowest BCUT2D eigenvalue weighted by atomic mass is 9.74. The number of hydrogen-bond acceptors (Lipinski definition) is 4. The van der Waals surface area contributed by atoms with Gasteiger partial charge in [-0.15, -0.1) is 24.8 Å². The minimum Gasteiger partial charge on any atom is -0.497 e. The van der Waals surface area contributed by atoms with Crippen molar-refractivity contribution in [3.63, 3.8) is 0 Å². The number of carboxylic acid groups (broad SMARTS) is 1. The Balaban J connectivity index is 0.00000240. The van der Waals surface area contributed by atoms with Crippen molar-refractivity contribution in [3.05, 3.63) is 82.9 Å². The molecule has 2 heterocycles. The Labute approximate surface area is 285 Å². The lowest BCUT2D eigenvalue weighted by Gasteiger charge is -2.35. The standard InChI is InChI=1S/C37H48FN3O3.2ClH/c1-3-41-36(23-32(39-41)18-26-10-12-33(44-2)13-11-26)27-14-16-40(17-15-27)24-30-20-29(35(37(42)43)19-25-6-4-7-25)22-34(30)28-8-5-9-31(38)21-28;;/h5,8-13,21,23,25,27,29-30,34-35H,3-4,6-7,14-20,22,24H2,1-2H3,(H,42,43);2*1H/t29?,30?,34?,35-;;/m0../s1. The number of carboxylic acids is 1. The van der Waals surface area contributed by atoms with Crippen molar-refractivity contribution < 1.29 is 19.0 Å². The zero-order valence-electron chi connectivity index (χ0n) is 27.2. The minimum absolute atomic E-state index is 0. The molecule has 3 aliphatic rings. The molecule has 1 saturated heterocycles. The number of rotatable bonds is 12. The highest BCUT2D eigenvalue weighted by Gasteiger charge is 2.43. The van der Waals surface area contributed by atoms with Crippen LogP contribution in [0.15, 0.2) is 54.6 Å². The molecule has 6 rings (SSSR count). The third kappa shape index (κ3) is 8.45. The van der Waals surface area contributed by atoms with Gasteiger partial charge in [-0.3, -0.25) is 9.48 Å². The Kier molecular flexibility index (Phi) is 13.0. The minimum atomic E-state index is -0.639. The summed E-state index contributed by atoms with van der Waals surface area (Å²) in [7, 11) is 1.69. The molecule has 2 aliphatic carbocycles. The van der Waals surface area contributed by atoms with Gasteiger partial charge < -0.3 is 14.7 Å². The van der Waals surface area contributed by atoms with Crippen LogP contribution in [0.5, 0.6) is 5.75 Å². The Morgan fingerprint density at radius 3 is 2.39 bits per heavy atom. The fourth-order valence-electron chi connectivity index (χ4n) is 8.28. The monoisotopic (exact) mass is 673 g/mol. The molecule has 0 spiro atoms. The first-order valence-corrected chi connectivity index (χ1v) is 16.8. The SMILES string of the molecule is CCn1nc(Cc2ccc(OC)cc2)cc1C1CCN(CC2CC([C@H](CC3CCC3)C(=O)O)CC2c2cccc(F)c2)CC1.Cl.Cl. The van der Waals surface area contributed by atoms with Gasteiger partial charge in [0.1, 0.15) is 11.6 Å².